The number of amides is 1. The van der Waals surface area contributed by atoms with Crippen LogP contribution in [-0.2, 0) is 4.79 Å². The molecule has 1 aromatic carbocycles. The third kappa shape index (κ3) is 3.50. The Morgan fingerprint density at radius 1 is 1.42 bits per heavy atom. The van der Waals surface area contributed by atoms with Crippen LogP contribution >= 0.6 is 0 Å². The Labute approximate surface area is 110 Å². The lowest BCUT2D eigenvalue weighted by Gasteiger charge is -2.14. The predicted molar refractivity (Wildman–Crippen MR) is 68.2 cm³/mol. The van der Waals surface area contributed by atoms with Crippen molar-refractivity contribution in [2.24, 2.45) is 0 Å². The maximum Gasteiger partial charge on any atom is 0.238 e. The van der Waals surface area contributed by atoms with Crippen molar-refractivity contribution in [2.45, 2.75) is 19.1 Å². The van der Waals surface area contributed by atoms with Gasteiger partial charge in [-0.2, -0.15) is 0 Å². The van der Waals surface area contributed by atoms with E-state index < -0.39 is 12.2 Å². The number of carbonyl (C=O) groups excluding carboxylic acids is 1. The van der Waals surface area contributed by atoms with Crippen LogP contribution in [0.25, 0.3) is 0 Å². The van der Waals surface area contributed by atoms with Gasteiger partial charge >= 0.3 is 0 Å². The van der Waals surface area contributed by atoms with E-state index in [1.165, 1.54) is 6.07 Å². The molecule has 1 aliphatic rings. The number of carbonyl (C=O) groups is 1. The van der Waals surface area contributed by atoms with E-state index in [2.05, 4.69) is 5.32 Å². The number of aliphatic hydroxyl groups excluding tert-OH is 2. The zero-order valence-corrected chi connectivity index (χ0v) is 10.6. The first-order valence-corrected chi connectivity index (χ1v) is 6.10. The average Bonchev–Trinajstić information content (AvgIpc) is 2.63. The summed E-state index contributed by atoms with van der Waals surface area (Å²) in [6, 6.07) is 4.49. The third-order valence-electron chi connectivity index (χ3n) is 3.16. The van der Waals surface area contributed by atoms with Crippen LogP contribution in [0, 0.1) is 12.7 Å². The molecule has 5 nitrogen and oxygen atoms in total. The molecule has 3 N–H and O–H groups in total. The van der Waals surface area contributed by atoms with Gasteiger partial charge in [0.15, 0.2) is 0 Å². The molecule has 0 aliphatic carbocycles. The number of rotatable bonds is 3. The summed E-state index contributed by atoms with van der Waals surface area (Å²) < 4.78 is 13.3. The third-order valence-corrected chi connectivity index (χ3v) is 3.16. The molecule has 1 aromatic rings. The van der Waals surface area contributed by atoms with Crippen LogP contribution in [0.3, 0.4) is 0 Å². The highest BCUT2D eigenvalue weighted by molar-refractivity contribution is 5.92. The minimum atomic E-state index is -0.815. The molecule has 2 rings (SSSR count). The fourth-order valence-electron chi connectivity index (χ4n) is 2.05. The van der Waals surface area contributed by atoms with Gasteiger partial charge < -0.3 is 15.5 Å². The summed E-state index contributed by atoms with van der Waals surface area (Å²) in [4.78, 5) is 13.4. The second-order valence-electron chi connectivity index (χ2n) is 4.84. The Bertz CT molecular complexity index is 471. The minimum absolute atomic E-state index is 0.0591. The molecular weight excluding hydrogens is 251 g/mol. The van der Waals surface area contributed by atoms with Crippen molar-refractivity contribution < 1.29 is 19.4 Å². The summed E-state index contributed by atoms with van der Waals surface area (Å²) in [7, 11) is 0. The Morgan fingerprint density at radius 2 is 2.05 bits per heavy atom. The van der Waals surface area contributed by atoms with Crippen molar-refractivity contribution in [2.75, 3.05) is 25.0 Å². The maximum atomic E-state index is 13.3. The van der Waals surface area contributed by atoms with Crippen molar-refractivity contribution in [3.05, 3.63) is 29.6 Å². The van der Waals surface area contributed by atoms with Crippen molar-refractivity contribution in [1.29, 1.82) is 0 Å². The fourth-order valence-corrected chi connectivity index (χ4v) is 2.05. The van der Waals surface area contributed by atoms with Crippen molar-refractivity contribution >= 4 is 11.6 Å². The van der Waals surface area contributed by atoms with Gasteiger partial charge in [0.05, 0.1) is 18.8 Å². The molecule has 104 valence electrons. The highest BCUT2D eigenvalue weighted by Gasteiger charge is 2.30. The Kier molecular flexibility index (Phi) is 4.14. The number of likely N-dealkylation sites (tertiary alicyclic amines) is 1. The van der Waals surface area contributed by atoms with Crippen LogP contribution < -0.4 is 5.32 Å². The summed E-state index contributed by atoms with van der Waals surface area (Å²) in [6.07, 6.45) is -1.63. The van der Waals surface area contributed by atoms with Gasteiger partial charge in [-0.25, -0.2) is 4.39 Å². The molecule has 0 radical (unpaired) electrons. The van der Waals surface area contributed by atoms with E-state index in [4.69, 9.17) is 0 Å². The first-order chi connectivity index (χ1) is 8.95. The van der Waals surface area contributed by atoms with Gasteiger partial charge in [0.25, 0.3) is 0 Å². The molecule has 0 spiro atoms. The topological polar surface area (TPSA) is 72.8 Å². The van der Waals surface area contributed by atoms with Crippen LogP contribution in [0.5, 0.6) is 0 Å². The predicted octanol–water partition coefficient (Wildman–Crippen LogP) is 0.110. The molecule has 6 heteroatoms. The molecule has 2 atom stereocenters. The Morgan fingerprint density at radius 3 is 2.63 bits per heavy atom. The van der Waals surface area contributed by atoms with Gasteiger partial charge in [-0.1, -0.05) is 6.07 Å². The number of β-amino-alcohol motifs (C(OH)–C–C–N with tert-alkyl or cyclic N) is 2. The lowest BCUT2D eigenvalue weighted by molar-refractivity contribution is -0.117. The van der Waals surface area contributed by atoms with Crippen molar-refractivity contribution in [1.82, 2.24) is 4.90 Å². The molecule has 1 aliphatic heterocycles. The highest BCUT2D eigenvalue weighted by atomic mass is 19.1. The SMILES string of the molecule is Cc1ccc(NC(=O)CN2C[C@@H](O)[C@@H](O)C2)cc1F. The monoisotopic (exact) mass is 268 g/mol. The normalized spacial score (nSPS) is 23.6. The molecule has 1 saturated heterocycles. The molecule has 0 unspecified atom stereocenters. The number of halogens is 1. The second-order valence-corrected chi connectivity index (χ2v) is 4.84. The summed E-state index contributed by atoms with van der Waals surface area (Å²) in [5, 5.41) is 21.3. The van der Waals surface area contributed by atoms with E-state index in [9.17, 15) is 19.4 Å². The molecule has 1 fully saturated rings. The summed E-state index contributed by atoms with van der Waals surface area (Å²) in [5.74, 6) is -0.672. The van der Waals surface area contributed by atoms with Crippen LogP contribution in [0.2, 0.25) is 0 Å². The van der Waals surface area contributed by atoms with E-state index >= 15 is 0 Å². The van der Waals surface area contributed by atoms with Crippen LogP contribution in [0.15, 0.2) is 18.2 Å². The standard InChI is InChI=1S/C13H17FN2O3/c1-8-2-3-9(4-10(8)14)15-13(19)7-16-5-11(17)12(18)6-16/h2-4,11-12,17-18H,5-7H2,1H3,(H,15,19)/t11-,12+. The van der Waals surface area contributed by atoms with Crippen LogP contribution in [0.4, 0.5) is 10.1 Å². The number of nitrogens with zero attached hydrogens (tertiary/aromatic N) is 1. The number of anilines is 1. The number of hydrogen-bond acceptors (Lipinski definition) is 4. The Balaban J connectivity index is 1.89. The lowest BCUT2D eigenvalue weighted by Crippen LogP contribution is -2.32. The Hall–Kier alpha value is -1.50. The zero-order valence-electron chi connectivity index (χ0n) is 10.6. The molecular formula is C13H17FN2O3. The van der Waals surface area contributed by atoms with Gasteiger partial charge in [0.1, 0.15) is 5.82 Å². The molecule has 0 saturated carbocycles. The first-order valence-electron chi connectivity index (χ1n) is 6.10. The van der Waals surface area contributed by atoms with E-state index in [-0.39, 0.29) is 31.4 Å². The number of aliphatic hydroxyl groups is 2. The number of nitrogens with one attached hydrogen (secondary N) is 1. The van der Waals surface area contributed by atoms with Gasteiger partial charge in [-0.15, -0.1) is 0 Å². The second kappa shape index (κ2) is 5.64. The highest BCUT2D eigenvalue weighted by Crippen LogP contribution is 2.14. The van der Waals surface area contributed by atoms with Crippen LogP contribution in [-0.4, -0.2) is 52.9 Å². The largest absolute Gasteiger partial charge is 0.389 e. The number of hydrogen-bond donors (Lipinski definition) is 3. The molecule has 0 aromatic heterocycles. The van der Waals surface area contributed by atoms with Crippen molar-refractivity contribution in [3.63, 3.8) is 0 Å². The van der Waals surface area contributed by atoms with E-state index in [0.717, 1.165) is 0 Å². The van der Waals surface area contributed by atoms with Gasteiger partial charge in [0, 0.05) is 18.8 Å². The van der Waals surface area contributed by atoms with Gasteiger partial charge in [0.2, 0.25) is 5.91 Å². The first kappa shape index (κ1) is 13.9. The fraction of sp³-hybridized carbons (Fsp3) is 0.462. The molecule has 0 bridgehead atoms. The summed E-state index contributed by atoms with van der Waals surface area (Å²) in [6.45, 7) is 2.23. The van der Waals surface area contributed by atoms with E-state index in [1.54, 1.807) is 24.0 Å². The molecule has 1 amide bonds. The average molecular weight is 268 g/mol. The van der Waals surface area contributed by atoms with E-state index in [1.807, 2.05) is 0 Å². The smallest absolute Gasteiger partial charge is 0.238 e. The van der Waals surface area contributed by atoms with Gasteiger partial charge in [-0.05, 0) is 24.6 Å². The lowest BCUT2D eigenvalue weighted by atomic mass is 10.2. The minimum Gasteiger partial charge on any atom is -0.389 e. The zero-order chi connectivity index (χ0) is 14.0. The maximum absolute atomic E-state index is 13.3. The van der Waals surface area contributed by atoms with Crippen LogP contribution in [0.1, 0.15) is 5.56 Å². The van der Waals surface area contributed by atoms with Gasteiger partial charge in [-0.3, -0.25) is 9.69 Å². The quantitative estimate of drug-likeness (QED) is 0.727. The number of aryl methyl sites for hydroxylation is 1. The summed E-state index contributed by atoms with van der Waals surface area (Å²) >= 11 is 0. The molecule has 19 heavy (non-hydrogen) atoms. The van der Waals surface area contributed by atoms with Crippen molar-refractivity contribution in [3.8, 4) is 0 Å². The molecule has 1 heterocycles. The van der Waals surface area contributed by atoms with E-state index in [0.29, 0.717) is 11.3 Å². The summed E-state index contributed by atoms with van der Waals surface area (Å²) in [5.41, 5.74) is 0.914. The number of benzene rings is 1.